The van der Waals surface area contributed by atoms with Gasteiger partial charge in [-0.05, 0) is 25.7 Å². The van der Waals surface area contributed by atoms with Crippen LogP contribution in [0, 0.1) is 0 Å². The van der Waals surface area contributed by atoms with E-state index in [-0.39, 0.29) is 12.4 Å². The maximum Gasteiger partial charge on any atom is 0.305 e. The van der Waals surface area contributed by atoms with E-state index in [1.54, 1.807) is 0 Å². The fraction of sp³-hybridized carbons (Fsp3) is 0.895. The lowest BCUT2D eigenvalue weighted by atomic mass is 10.1. The third-order valence-electron chi connectivity index (χ3n) is 4.02. The Morgan fingerprint density at radius 3 is 1.74 bits per heavy atom. The van der Waals surface area contributed by atoms with Gasteiger partial charge in [-0.1, -0.05) is 71.1 Å². The molecule has 0 aliphatic carbocycles. The van der Waals surface area contributed by atoms with Gasteiger partial charge < -0.3 is 14.6 Å². The van der Waals surface area contributed by atoms with Gasteiger partial charge in [-0.25, -0.2) is 0 Å². The molecule has 4 nitrogen and oxygen atoms in total. The minimum atomic E-state index is -0.977. The van der Waals surface area contributed by atoms with Gasteiger partial charge in [0.05, 0.1) is 6.61 Å². The first kappa shape index (κ1) is 21.9. The highest BCUT2D eigenvalue weighted by atomic mass is 16.5. The number of hydrogen-bond acceptors (Lipinski definition) is 4. The number of carbonyl (C=O) groups is 2. The highest BCUT2D eigenvalue weighted by molar-refractivity contribution is 5.69. The minimum absolute atomic E-state index is 0.0947. The van der Waals surface area contributed by atoms with Gasteiger partial charge in [0.25, 0.3) is 0 Å². The highest BCUT2D eigenvalue weighted by Gasteiger charge is 2.02. The van der Waals surface area contributed by atoms with Crippen LogP contribution in [0.5, 0.6) is 0 Å². The molecule has 0 aromatic rings. The Hall–Kier alpha value is -1.06. The van der Waals surface area contributed by atoms with Crippen LogP contribution in [0.4, 0.5) is 0 Å². The van der Waals surface area contributed by atoms with Crippen LogP contribution in [-0.4, -0.2) is 18.5 Å². The molecule has 23 heavy (non-hydrogen) atoms. The second-order valence-corrected chi connectivity index (χ2v) is 6.34. The fourth-order valence-electron chi connectivity index (χ4n) is 2.56. The molecular weight excluding hydrogens is 292 g/mol. The van der Waals surface area contributed by atoms with E-state index in [4.69, 9.17) is 4.74 Å². The molecule has 0 bridgehead atoms. The van der Waals surface area contributed by atoms with E-state index in [0.29, 0.717) is 19.4 Å². The van der Waals surface area contributed by atoms with E-state index in [1.807, 2.05) is 0 Å². The van der Waals surface area contributed by atoms with Gasteiger partial charge in [-0.3, -0.25) is 4.79 Å². The molecule has 136 valence electrons. The quantitative estimate of drug-likeness (QED) is 0.297. The van der Waals surface area contributed by atoms with E-state index in [1.165, 1.54) is 38.5 Å². The number of carbonyl (C=O) groups excluding carboxylic acids is 2. The molecule has 0 aromatic carbocycles. The second kappa shape index (κ2) is 17.3. The van der Waals surface area contributed by atoms with E-state index in [0.717, 1.165) is 38.5 Å². The maximum absolute atomic E-state index is 11.5. The molecule has 0 saturated carbocycles. The number of ether oxygens (including phenoxy) is 1. The average Bonchev–Trinajstić information content (AvgIpc) is 2.52. The van der Waals surface area contributed by atoms with Crippen LogP contribution in [-0.2, 0) is 14.3 Å². The number of hydrogen-bond donors (Lipinski definition) is 0. The summed E-state index contributed by atoms with van der Waals surface area (Å²) in [6, 6.07) is 0. The molecule has 0 fully saturated rings. The van der Waals surface area contributed by atoms with Crippen molar-refractivity contribution in [1.29, 1.82) is 0 Å². The predicted octanol–water partition coefficient (Wildman–Crippen LogP) is 4.15. The lowest BCUT2D eigenvalue weighted by molar-refractivity contribution is -0.305. The molecule has 4 heteroatoms. The van der Waals surface area contributed by atoms with Crippen molar-refractivity contribution in [2.45, 2.75) is 103 Å². The van der Waals surface area contributed by atoms with Crippen LogP contribution in [0.25, 0.3) is 0 Å². The van der Waals surface area contributed by atoms with Gasteiger partial charge in [-0.15, -0.1) is 0 Å². The molecular formula is C19H35O4-. The van der Waals surface area contributed by atoms with Crippen molar-refractivity contribution in [3.05, 3.63) is 0 Å². The minimum Gasteiger partial charge on any atom is -0.550 e. The predicted molar refractivity (Wildman–Crippen MR) is 90.9 cm³/mol. The van der Waals surface area contributed by atoms with Crippen molar-refractivity contribution < 1.29 is 19.4 Å². The van der Waals surface area contributed by atoms with E-state index >= 15 is 0 Å². The van der Waals surface area contributed by atoms with Gasteiger partial charge in [-0.2, -0.15) is 0 Å². The topological polar surface area (TPSA) is 66.4 Å². The van der Waals surface area contributed by atoms with E-state index in [2.05, 4.69) is 6.92 Å². The van der Waals surface area contributed by atoms with Gasteiger partial charge in [0.15, 0.2) is 0 Å². The van der Waals surface area contributed by atoms with Gasteiger partial charge >= 0.3 is 5.97 Å². The zero-order valence-electron chi connectivity index (χ0n) is 14.9. The summed E-state index contributed by atoms with van der Waals surface area (Å²) >= 11 is 0. The zero-order valence-corrected chi connectivity index (χ0v) is 14.9. The van der Waals surface area contributed by atoms with Crippen LogP contribution in [0.1, 0.15) is 103 Å². The number of carboxylic acid groups (broad SMARTS) is 1. The lowest BCUT2D eigenvalue weighted by Gasteiger charge is -2.05. The molecule has 0 radical (unpaired) electrons. The smallest absolute Gasteiger partial charge is 0.305 e. The Bertz CT molecular complexity index is 289. The number of unbranched alkanes of at least 4 members (excludes halogenated alkanes) is 11. The van der Waals surface area contributed by atoms with Crippen molar-refractivity contribution in [1.82, 2.24) is 0 Å². The standard InChI is InChI=1S/C19H36O4/c1-2-3-4-5-6-7-11-14-17-23-19(22)16-13-10-8-9-12-15-18(20)21/h2-17H2,1H3,(H,20,21)/p-1. The summed E-state index contributed by atoms with van der Waals surface area (Å²) in [5.41, 5.74) is 0. The van der Waals surface area contributed by atoms with Crippen LogP contribution in [0.2, 0.25) is 0 Å². The molecule has 0 N–H and O–H groups in total. The van der Waals surface area contributed by atoms with Gasteiger partial charge in [0.1, 0.15) is 0 Å². The first-order chi connectivity index (χ1) is 11.2. The highest BCUT2D eigenvalue weighted by Crippen LogP contribution is 2.10. The molecule has 0 saturated heterocycles. The molecule has 0 aromatic heterocycles. The SMILES string of the molecule is CCCCCCCCCCOC(=O)CCCCCCCC(=O)[O-]. The molecule has 0 aliphatic heterocycles. The van der Waals surface area contributed by atoms with E-state index in [9.17, 15) is 14.7 Å². The fourth-order valence-corrected chi connectivity index (χ4v) is 2.56. The average molecular weight is 327 g/mol. The van der Waals surface area contributed by atoms with Crippen LogP contribution in [0.3, 0.4) is 0 Å². The van der Waals surface area contributed by atoms with Gasteiger partial charge in [0, 0.05) is 12.4 Å². The number of carboxylic acids is 1. The monoisotopic (exact) mass is 327 g/mol. The molecule has 0 unspecified atom stereocenters. The Morgan fingerprint density at radius 2 is 1.17 bits per heavy atom. The Kier molecular flexibility index (Phi) is 16.5. The molecule has 0 spiro atoms. The lowest BCUT2D eigenvalue weighted by Crippen LogP contribution is -2.21. The molecule has 0 atom stereocenters. The second-order valence-electron chi connectivity index (χ2n) is 6.34. The summed E-state index contributed by atoms with van der Waals surface area (Å²) in [6.07, 6.45) is 14.9. The largest absolute Gasteiger partial charge is 0.550 e. The molecule has 0 amide bonds. The van der Waals surface area contributed by atoms with Crippen molar-refractivity contribution in [2.24, 2.45) is 0 Å². The Labute approximate surface area is 142 Å². The Balaban J connectivity index is 3.17. The number of aliphatic carboxylic acids is 1. The van der Waals surface area contributed by atoms with Crippen LogP contribution in [0.15, 0.2) is 0 Å². The number of rotatable bonds is 17. The summed E-state index contributed by atoms with van der Waals surface area (Å²) in [6.45, 7) is 2.78. The third-order valence-corrected chi connectivity index (χ3v) is 4.02. The van der Waals surface area contributed by atoms with Crippen LogP contribution >= 0.6 is 0 Å². The normalized spacial score (nSPS) is 10.7. The third kappa shape index (κ3) is 18.9. The van der Waals surface area contributed by atoms with E-state index < -0.39 is 5.97 Å². The van der Waals surface area contributed by atoms with Crippen molar-refractivity contribution in [2.75, 3.05) is 6.61 Å². The zero-order chi connectivity index (χ0) is 17.2. The first-order valence-electron chi connectivity index (χ1n) is 9.52. The van der Waals surface area contributed by atoms with Gasteiger partial charge in [0.2, 0.25) is 0 Å². The maximum atomic E-state index is 11.5. The summed E-state index contributed by atoms with van der Waals surface area (Å²) in [4.78, 5) is 21.8. The Morgan fingerprint density at radius 1 is 0.696 bits per heavy atom. The summed E-state index contributed by atoms with van der Waals surface area (Å²) in [5.74, 6) is -1.07. The summed E-state index contributed by atoms with van der Waals surface area (Å²) in [5, 5.41) is 10.2. The first-order valence-corrected chi connectivity index (χ1v) is 9.52. The molecule has 0 rings (SSSR count). The van der Waals surface area contributed by atoms with Crippen molar-refractivity contribution >= 4 is 11.9 Å². The summed E-state index contributed by atoms with van der Waals surface area (Å²) < 4.78 is 5.22. The van der Waals surface area contributed by atoms with Crippen molar-refractivity contribution in [3.8, 4) is 0 Å². The van der Waals surface area contributed by atoms with Crippen LogP contribution < -0.4 is 5.11 Å². The molecule has 0 aliphatic rings. The number of esters is 1. The molecule has 0 heterocycles. The van der Waals surface area contributed by atoms with Crippen molar-refractivity contribution in [3.63, 3.8) is 0 Å². The summed E-state index contributed by atoms with van der Waals surface area (Å²) in [7, 11) is 0.